The van der Waals surface area contributed by atoms with Crippen LogP contribution in [0.2, 0.25) is 0 Å². The molecule has 0 saturated heterocycles. The van der Waals surface area contributed by atoms with Crippen LogP contribution in [0.1, 0.15) is 5.56 Å². The topological polar surface area (TPSA) is 74.6 Å². The van der Waals surface area contributed by atoms with Crippen molar-refractivity contribution in [1.82, 2.24) is 0 Å². The lowest BCUT2D eigenvalue weighted by molar-refractivity contribution is 0.473. The Kier molecular flexibility index (Phi) is 2.90. The Bertz CT molecular complexity index is 383. The molecule has 2 N–H and O–H groups in total. The highest BCUT2D eigenvalue weighted by molar-refractivity contribution is 7.85. The quantitative estimate of drug-likeness (QED) is 0.712. The number of aryl methyl sites for hydroxylation is 1. The summed E-state index contributed by atoms with van der Waals surface area (Å²) in [5.74, 6) is -0.232. The Morgan fingerprint density at radius 3 is 2.54 bits per heavy atom. The third-order valence-corrected chi connectivity index (χ3v) is 2.28. The first-order chi connectivity index (χ1) is 5.97. The molecule has 13 heavy (non-hydrogen) atoms. The molecule has 0 radical (unpaired) electrons. The fourth-order valence-corrected chi connectivity index (χ4v) is 1.45. The molecule has 0 bridgehead atoms. The number of hydrogen-bond donors (Lipinski definition) is 2. The number of phenols is 1. The van der Waals surface area contributed by atoms with E-state index in [4.69, 9.17) is 9.66 Å². The number of hydrogen-bond acceptors (Lipinski definition) is 3. The number of benzene rings is 1. The number of phenolic OH excluding ortho intramolecular Hbond substituents is 1. The van der Waals surface area contributed by atoms with Gasteiger partial charge in [-0.3, -0.25) is 4.55 Å². The van der Waals surface area contributed by atoms with Crippen LogP contribution < -0.4 is 0 Å². The van der Waals surface area contributed by atoms with Gasteiger partial charge in [0, 0.05) is 0 Å². The minimum Gasteiger partial charge on any atom is -0.508 e. The van der Waals surface area contributed by atoms with Gasteiger partial charge in [0.15, 0.2) is 0 Å². The van der Waals surface area contributed by atoms with E-state index in [1.807, 2.05) is 0 Å². The van der Waals surface area contributed by atoms with Crippen LogP contribution in [-0.2, 0) is 16.5 Å². The maximum atomic E-state index is 10.4. The maximum Gasteiger partial charge on any atom is 0.265 e. The van der Waals surface area contributed by atoms with Gasteiger partial charge in [0.25, 0.3) is 10.1 Å². The van der Waals surface area contributed by atoms with E-state index in [9.17, 15) is 8.42 Å². The summed E-state index contributed by atoms with van der Waals surface area (Å²) >= 11 is 0. The van der Waals surface area contributed by atoms with Gasteiger partial charge in [-0.15, -0.1) is 0 Å². The van der Waals surface area contributed by atoms with Crippen molar-refractivity contribution in [2.75, 3.05) is 5.75 Å². The van der Waals surface area contributed by atoms with Gasteiger partial charge in [0.05, 0.1) is 5.75 Å². The van der Waals surface area contributed by atoms with E-state index in [-0.39, 0.29) is 17.9 Å². The molecule has 5 heteroatoms. The Hall–Kier alpha value is -1.07. The van der Waals surface area contributed by atoms with Gasteiger partial charge in [0.1, 0.15) is 5.75 Å². The van der Waals surface area contributed by atoms with Crippen LogP contribution in [0.15, 0.2) is 24.3 Å². The fourth-order valence-electron chi connectivity index (χ4n) is 0.959. The summed E-state index contributed by atoms with van der Waals surface area (Å²) in [7, 11) is -3.92. The van der Waals surface area contributed by atoms with E-state index in [1.165, 1.54) is 12.1 Å². The smallest absolute Gasteiger partial charge is 0.265 e. The van der Waals surface area contributed by atoms with Crippen LogP contribution in [-0.4, -0.2) is 23.8 Å². The van der Waals surface area contributed by atoms with Crippen molar-refractivity contribution in [3.63, 3.8) is 0 Å². The molecule has 0 aliphatic rings. The Balaban J connectivity index is 2.65. The van der Waals surface area contributed by atoms with Crippen LogP contribution >= 0.6 is 0 Å². The lowest BCUT2D eigenvalue weighted by Crippen LogP contribution is -2.06. The molecule has 1 aromatic rings. The Morgan fingerprint density at radius 2 is 2.00 bits per heavy atom. The predicted octanol–water partition coefficient (Wildman–Crippen LogP) is 0.823. The van der Waals surface area contributed by atoms with Crippen LogP contribution in [0.3, 0.4) is 0 Å². The molecule has 0 spiro atoms. The van der Waals surface area contributed by atoms with Crippen molar-refractivity contribution < 1.29 is 18.1 Å². The standard InChI is InChI=1S/C8H10O4S/c9-8-3-1-2-7(6-8)4-5-13(10,11)12/h1-3,6,9H,4-5H2,(H,10,11,12). The van der Waals surface area contributed by atoms with Crippen molar-refractivity contribution in [3.8, 4) is 5.75 Å². The number of rotatable bonds is 3. The van der Waals surface area contributed by atoms with Crippen molar-refractivity contribution in [2.24, 2.45) is 0 Å². The SMILES string of the molecule is O=S(=O)(O)CCc1cccc(O)c1. The average molecular weight is 202 g/mol. The Morgan fingerprint density at radius 1 is 1.31 bits per heavy atom. The van der Waals surface area contributed by atoms with Crippen LogP contribution in [0.4, 0.5) is 0 Å². The summed E-state index contributed by atoms with van der Waals surface area (Å²) < 4.78 is 29.2. The van der Waals surface area contributed by atoms with Gasteiger partial charge in [-0.2, -0.15) is 8.42 Å². The van der Waals surface area contributed by atoms with Gasteiger partial charge in [-0.05, 0) is 24.1 Å². The summed E-state index contributed by atoms with van der Waals surface area (Å²) in [6.07, 6.45) is 0.202. The molecule has 0 fully saturated rings. The lowest BCUT2D eigenvalue weighted by atomic mass is 10.2. The third kappa shape index (κ3) is 3.91. The van der Waals surface area contributed by atoms with Gasteiger partial charge < -0.3 is 5.11 Å². The first kappa shape index (κ1) is 10.0. The highest BCUT2D eigenvalue weighted by Crippen LogP contribution is 2.11. The van der Waals surface area contributed by atoms with Crippen molar-refractivity contribution in [1.29, 1.82) is 0 Å². The van der Waals surface area contributed by atoms with Gasteiger partial charge >= 0.3 is 0 Å². The molecule has 0 amide bonds. The monoisotopic (exact) mass is 202 g/mol. The highest BCUT2D eigenvalue weighted by atomic mass is 32.2. The molecule has 0 atom stereocenters. The summed E-state index contributed by atoms with van der Waals surface area (Å²) in [4.78, 5) is 0. The molecule has 1 rings (SSSR count). The van der Waals surface area contributed by atoms with Crippen LogP contribution in [0, 0.1) is 0 Å². The second-order valence-electron chi connectivity index (χ2n) is 2.71. The minimum atomic E-state index is -3.92. The zero-order valence-corrected chi connectivity index (χ0v) is 7.66. The van der Waals surface area contributed by atoms with Crippen LogP contribution in [0.25, 0.3) is 0 Å². The van der Waals surface area contributed by atoms with Gasteiger partial charge in [0.2, 0.25) is 0 Å². The zero-order chi connectivity index (χ0) is 9.90. The molecule has 0 aliphatic heterocycles. The average Bonchev–Trinajstić information content (AvgIpc) is 2.00. The first-order valence-corrected chi connectivity index (χ1v) is 5.31. The van der Waals surface area contributed by atoms with Crippen molar-refractivity contribution in [2.45, 2.75) is 6.42 Å². The van der Waals surface area contributed by atoms with Crippen molar-refractivity contribution in [3.05, 3.63) is 29.8 Å². The summed E-state index contributed by atoms with van der Waals surface area (Å²) in [6.45, 7) is 0. The molecule has 4 nitrogen and oxygen atoms in total. The summed E-state index contributed by atoms with van der Waals surface area (Å²) in [5, 5.41) is 9.03. The van der Waals surface area contributed by atoms with E-state index < -0.39 is 10.1 Å². The Labute approximate surface area is 76.6 Å². The third-order valence-electron chi connectivity index (χ3n) is 1.56. The zero-order valence-electron chi connectivity index (χ0n) is 6.84. The van der Waals surface area contributed by atoms with E-state index in [2.05, 4.69) is 0 Å². The fraction of sp³-hybridized carbons (Fsp3) is 0.250. The van der Waals surface area contributed by atoms with E-state index in [1.54, 1.807) is 12.1 Å². The minimum absolute atomic E-state index is 0.0906. The summed E-state index contributed by atoms with van der Waals surface area (Å²) in [5.41, 5.74) is 0.678. The lowest BCUT2D eigenvalue weighted by Gasteiger charge is -1.99. The number of aromatic hydroxyl groups is 1. The predicted molar refractivity (Wildman–Crippen MR) is 48.2 cm³/mol. The first-order valence-electron chi connectivity index (χ1n) is 3.70. The second-order valence-corrected chi connectivity index (χ2v) is 4.28. The molecule has 0 saturated carbocycles. The van der Waals surface area contributed by atoms with E-state index >= 15 is 0 Å². The molecule has 0 aromatic heterocycles. The molecule has 0 unspecified atom stereocenters. The molecular weight excluding hydrogens is 192 g/mol. The van der Waals surface area contributed by atoms with Crippen LogP contribution in [0.5, 0.6) is 5.75 Å². The largest absolute Gasteiger partial charge is 0.508 e. The van der Waals surface area contributed by atoms with Crippen molar-refractivity contribution >= 4 is 10.1 Å². The molecule has 72 valence electrons. The molecular formula is C8H10O4S. The second kappa shape index (κ2) is 3.76. The summed E-state index contributed by atoms with van der Waals surface area (Å²) in [6, 6.07) is 6.27. The maximum absolute atomic E-state index is 10.4. The van der Waals surface area contributed by atoms with E-state index in [0.29, 0.717) is 5.56 Å². The molecule has 1 aromatic carbocycles. The highest BCUT2D eigenvalue weighted by Gasteiger charge is 2.04. The normalized spacial score (nSPS) is 11.5. The van der Waals surface area contributed by atoms with Gasteiger partial charge in [-0.1, -0.05) is 12.1 Å². The molecule has 0 aliphatic carbocycles. The van der Waals surface area contributed by atoms with E-state index in [0.717, 1.165) is 0 Å². The molecule has 0 heterocycles. The van der Waals surface area contributed by atoms with Gasteiger partial charge in [-0.25, -0.2) is 0 Å².